The molecular weight excluding hydrogens is 770 g/mol. The Kier molecular flexibility index (Phi) is 12.9. The van der Waals surface area contributed by atoms with Crippen LogP contribution in [0, 0.1) is 0 Å². The lowest BCUT2D eigenvalue weighted by Crippen LogP contribution is -2.56. The molecule has 1 fully saturated rings. The van der Waals surface area contributed by atoms with Crippen LogP contribution in [-0.2, 0) is 32.7 Å². The number of aliphatic carboxylic acids is 1. The molecule has 3 aromatic carbocycles. The van der Waals surface area contributed by atoms with E-state index in [1.807, 2.05) is 25.2 Å². The first-order valence-corrected chi connectivity index (χ1v) is 17.7. The number of nitrogens with two attached hydrogens (primary N) is 1. The number of quaternary nitrogens is 1. The molecule has 0 aromatic heterocycles. The maximum Gasteiger partial charge on any atom is 0.496 e. The number of alkyl halides is 6. The number of carbonyl (C=O) groups is 3. The number of likely N-dealkylation sites (tertiary alicyclic amines) is 1. The van der Waals surface area contributed by atoms with E-state index >= 15 is 0 Å². The number of halogens is 6. The summed E-state index contributed by atoms with van der Waals surface area (Å²) >= 11 is 0. The van der Waals surface area contributed by atoms with Gasteiger partial charge in [0.15, 0.2) is 23.3 Å². The zero-order valence-electron chi connectivity index (χ0n) is 28.9. The van der Waals surface area contributed by atoms with Gasteiger partial charge in [-0.05, 0) is 60.2 Å². The molecule has 21 heteroatoms. The van der Waals surface area contributed by atoms with Crippen molar-refractivity contribution >= 4 is 39.4 Å². The first kappa shape index (κ1) is 42.2. The molecule has 0 saturated carbocycles. The van der Waals surface area contributed by atoms with Crippen LogP contribution in [0.2, 0.25) is 0 Å². The van der Waals surface area contributed by atoms with Gasteiger partial charge in [-0.15, -0.1) is 0 Å². The van der Waals surface area contributed by atoms with Crippen LogP contribution in [0.4, 0.5) is 36.8 Å². The Morgan fingerprint density at radius 2 is 1.56 bits per heavy atom. The van der Waals surface area contributed by atoms with E-state index in [2.05, 4.69) is 9.50 Å². The zero-order valence-corrected chi connectivity index (χ0v) is 29.7. The van der Waals surface area contributed by atoms with Crippen molar-refractivity contribution in [2.45, 2.75) is 44.2 Å². The van der Waals surface area contributed by atoms with Crippen LogP contribution < -0.4 is 24.7 Å². The number of carbonyl (C=O) groups excluding carboxylic acids is 2. The lowest BCUT2D eigenvalue weighted by atomic mass is 10.0. The second-order valence-corrected chi connectivity index (χ2v) is 14.4. The number of hydrogen-bond acceptors (Lipinski definition) is 9. The maximum atomic E-state index is 14.0. The molecule has 2 heterocycles. The molecule has 1 saturated heterocycles. The number of fused-ring (bicyclic) bond motifs is 1. The Hall–Kier alpha value is -5.57. The van der Waals surface area contributed by atoms with Gasteiger partial charge in [-0.2, -0.15) is 44.1 Å². The van der Waals surface area contributed by atoms with Gasteiger partial charge in [0, 0.05) is 24.8 Å². The molecule has 0 radical (unpaired) electrons. The van der Waals surface area contributed by atoms with Gasteiger partial charge >= 0.3 is 34.5 Å². The normalized spacial score (nSPS) is 18.3. The van der Waals surface area contributed by atoms with Gasteiger partial charge in [0.2, 0.25) is 6.79 Å². The number of aromatic hydroxyl groups is 1. The highest BCUT2D eigenvalue weighted by molar-refractivity contribution is 7.87. The second kappa shape index (κ2) is 16.8. The Morgan fingerprint density at radius 3 is 2.15 bits per heavy atom. The average molecular weight is 807 g/mol. The van der Waals surface area contributed by atoms with Crippen molar-refractivity contribution in [3.63, 3.8) is 0 Å². The molecule has 55 heavy (non-hydrogen) atoms. The lowest BCUT2D eigenvalue weighted by Gasteiger charge is -2.38. The van der Waals surface area contributed by atoms with Crippen molar-refractivity contribution < 1.29 is 82.1 Å². The van der Waals surface area contributed by atoms with E-state index in [1.165, 1.54) is 28.8 Å². The fourth-order valence-corrected chi connectivity index (χ4v) is 6.77. The van der Waals surface area contributed by atoms with E-state index in [1.54, 1.807) is 12.1 Å². The minimum atomic E-state index is -5.08. The first-order chi connectivity index (χ1) is 25.5. The molecule has 14 nitrogen and oxygen atoms in total. The number of ether oxygens (including phenoxy) is 2. The molecule has 2 aliphatic heterocycles. The number of amides is 3. The van der Waals surface area contributed by atoms with Crippen LogP contribution in [0.5, 0.6) is 23.0 Å². The Bertz CT molecular complexity index is 2030. The Morgan fingerprint density at radius 1 is 0.964 bits per heavy atom. The number of phenolic OH excluding ortho intramolecular Hbond substituents is 1. The van der Waals surface area contributed by atoms with E-state index in [4.69, 9.17) is 25.1 Å². The van der Waals surface area contributed by atoms with E-state index in [-0.39, 0.29) is 30.4 Å². The molecular formula is C34H36F6N4O10S+2. The van der Waals surface area contributed by atoms with Crippen molar-refractivity contribution in [1.82, 2.24) is 0 Å². The molecule has 2 atom stereocenters. The lowest BCUT2D eigenvalue weighted by molar-refractivity contribution is -0.918. The van der Waals surface area contributed by atoms with Gasteiger partial charge in [-0.25, -0.2) is 10.1 Å². The number of urea groups is 1. The zero-order chi connectivity index (χ0) is 40.8. The molecule has 3 aromatic rings. The number of rotatable bonds is 10. The highest BCUT2D eigenvalue weighted by Crippen LogP contribution is 2.34. The van der Waals surface area contributed by atoms with Crippen molar-refractivity contribution in [3.8, 4) is 23.0 Å². The van der Waals surface area contributed by atoms with Gasteiger partial charge in [0.05, 0.1) is 13.6 Å². The third kappa shape index (κ3) is 12.5. The molecule has 298 valence electrons. The van der Waals surface area contributed by atoms with Gasteiger partial charge in [0.1, 0.15) is 36.0 Å². The van der Waals surface area contributed by atoms with Crippen LogP contribution in [0.25, 0.3) is 0 Å². The third-order valence-electron chi connectivity index (χ3n) is 8.21. The van der Waals surface area contributed by atoms with Crippen molar-refractivity contribution in [3.05, 3.63) is 77.9 Å². The number of phenols is 1. The van der Waals surface area contributed by atoms with Crippen LogP contribution in [0.3, 0.4) is 0 Å². The molecule has 1 unspecified atom stereocenters. The van der Waals surface area contributed by atoms with Crippen LogP contribution in [0.1, 0.15) is 24.0 Å². The van der Waals surface area contributed by atoms with E-state index in [0.717, 1.165) is 24.2 Å². The third-order valence-corrected chi connectivity index (χ3v) is 9.33. The van der Waals surface area contributed by atoms with Crippen molar-refractivity contribution in [2.75, 3.05) is 38.0 Å². The Labute approximate surface area is 310 Å². The summed E-state index contributed by atoms with van der Waals surface area (Å²) in [5.41, 5.74) is 8.36. The van der Waals surface area contributed by atoms with E-state index in [0.29, 0.717) is 53.2 Å². The smallest absolute Gasteiger partial charge is 0.496 e. The number of piperidine rings is 1. The summed E-state index contributed by atoms with van der Waals surface area (Å²) in [5.74, 6) is -4.72. The predicted octanol–water partition coefficient (Wildman–Crippen LogP) is 4.55. The number of nitrogens with zero attached hydrogens (tertiary/aromatic N) is 2. The standard InChI is InChI=1S/C32H33F3N4O8S.C2HF3O2/c1-39(17-22-6-13-28-29(16-22)46-20-45-28)14-2-3-24(18-39)38(27(30(36)41)15-21-4-9-25(40)10-5-21)31(42)37-23-7-11-26(12-8-23)47-48(43,44)19-32(33,34)35;3-2(4,5)1(6)7/h4-13,16,27H,2-3,14-15,17-20H2,1H3,(H2-2,36,37,40,41,42);(H,6,7)/p+2/b38-24+;/t27-,39?;/m0./s1. The maximum absolute atomic E-state index is 14.0. The molecule has 5 rings (SSSR count). The minimum Gasteiger partial charge on any atom is -0.508 e. The van der Waals surface area contributed by atoms with Crippen LogP contribution >= 0.6 is 0 Å². The van der Waals surface area contributed by atoms with Gasteiger partial charge in [-0.3, -0.25) is 4.79 Å². The molecule has 0 spiro atoms. The number of benzene rings is 3. The monoisotopic (exact) mass is 806 g/mol. The first-order valence-electron chi connectivity index (χ1n) is 16.2. The highest BCUT2D eigenvalue weighted by Gasteiger charge is 2.40. The molecule has 5 N–H and O–H groups in total. The summed E-state index contributed by atoms with van der Waals surface area (Å²) in [6.45, 7) is 1.92. The van der Waals surface area contributed by atoms with E-state index < -0.39 is 52.2 Å². The van der Waals surface area contributed by atoms with Crippen LogP contribution in [-0.4, -0.2) is 102 Å². The van der Waals surface area contributed by atoms with Gasteiger partial charge in [0.25, 0.3) is 5.91 Å². The highest BCUT2D eigenvalue weighted by atomic mass is 32.2. The Balaban J connectivity index is 0.000000876. The second-order valence-electron chi connectivity index (χ2n) is 12.8. The number of carboxylic acids is 1. The quantitative estimate of drug-likeness (QED) is 0.0978. The fraction of sp³-hybridized carbons (Fsp3) is 0.353. The van der Waals surface area contributed by atoms with Crippen LogP contribution in [0.15, 0.2) is 66.7 Å². The number of hydrogen-bond donors (Lipinski definition) is 4. The summed E-state index contributed by atoms with van der Waals surface area (Å²) in [7, 11) is -2.91. The fourth-order valence-electron chi connectivity index (χ4n) is 5.91. The number of nitrogens with one attached hydrogen (secondary N) is 1. The summed E-state index contributed by atoms with van der Waals surface area (Å²) < 4.78 is 110. The number of anilines is 1. The van der Waals surface area contributed by atoms with Crippen molar-refractivity contribution in [2.24, 2.45) is 5.73 Å². The number of carboxylic acid groups (broad SMARTS) is 1. The van der Waals surface area contributed by atoms with Gasteiger partial charge < -0.3 is 34.1 Å². The van der Waals surface area contributed by atoms with E-state index in [9.17, 15) is 49.5 Å². The topological polar surface area (TPSA) is 195 Å². The summed E-state index contributed by atoms with van der Waals surface area (Å²) in [4.78, 5) is 35.9. The molecule has 0 bridgehead atoms. The summed E-state index contributed by atoms with van der Waals surface area (Å²) in [6, 6.07) is 14.8. The summed E-state index contributed by atoms with van der Waals surface area (Å²) in [5, 5.41) is 19.6. The predicted molar refractivity (Wildman–Crippen MR) is 181 cm³/mol. The van der Waals surface area contributed by atoms with Crippen molar-refractivity contribution in [1.29, 1.82) is 0 Å². The molecule has 0 aliphatic carbocycles. The minimum absolute atomic E-state index is 0.0286. The average Bonchev–Trinajstić information content (AvgIpc) is 3.53. The number of primary amides is 1. The summed E-state index contributed by atoms with van der Waals surface area (Å²) in [6.07, 6.45) is -8.83. The SMILES string of the molecule is C[N+]1(Cc2ccc3c(c2)OCO3)CCC/C(=[N+](\C(=O)Nc2ccc(OS(=O)(=O)CC(F)(F)F)cc2)[C@@H](Cc2ccc(O)cc2)C(N)=O)C1.O=C(O)C(F)(F)F. The molecule has 2 aliphatic rings. The van der Waals surface area contributed by atoms with Gasteiger partial charge in [-0.1, -0.05) is 12.1 Å². The largest absolute Gasteiger partial charge is 0.508 e. The molecule has 3 amide bonds.